The lowest BCUT2D eigenvalue weighted by atomic mass is 10.0. The second-order valence-electron chi connectivity index (χ2n) is 4.59. The highest BCUT2D eigenvalue weighted by atomic mass is 79.9. The molecule has 0 aliphatic heterocycles. The molecule has 0 unspecified atom stereocenters. The number of benzene rings is 1. The van der Waals surface area contributed by atoms with Gasteiger partial charge in [-0.1, -0.05) is 33.6 Å². The minimum absolute atomic E-state index is 0.609. The first kappa shape index (κ1) is 14.1. The van der Waals surface area contributed by atoms with E-state index < -0.39 is 0 Å². The maximum Gasteiger partial charge on any atom is 0.129 e. The zero-order valence-electron chi connectivity index (χ0n) is 11.2. The van der Waals surface area contributed by atoms with Gasteiger partial charge in [0.1, 0.15) is 11.5 Å². The Hall–Kier alpha value is -1.85. The molecule has 0 saturated carbocycles. The zero-order valence-corrected chi connectivity index (χ0v) is 13.6. The van der Waals surface area contributed by atoms with Gasteiger partial charge in [0.15, 0.2) is 0 Å². The number of nitrogen functional groups attached to an aromatic ring is 1. The smallest absolute Gasteiger partial charge is 0.129 e. The average molecular weight is 364 g/mol. The Morgan fingerprint density at radius 3 is 2.57 bits per heavy atom. The molecule has 2 heterocycles. The largest absolute Gasteiger partial charge is 0.383 e. The maximum atomic E-state index is 6.19. The van der Waals surface area contributed by atoms with Gasteiger partial charge in [-0.25, -0.2) is 0 Å². The number of anilines is 1. The fourth-order valence-corrected chi connectivity index (χ4v) is 3.08. The summed E-state index contributed by atoms with van der Waals surface area (Å²) in [6.07, 6.45) is 3.48. The summed E-state index contributed by atoms with van der Waals surface area (Å²) in [5.74, 6) is 0.609. The summed E-state index contributed by atoms with van der Waals surface area (Å²) in [4.78, 5) is 4.04. The maximum absolute atomic E-state index is 6.19. The van der Waals surface area contributed by atoms with Gasteiger partial charge in [-0.15, -0.1) is 0 Å². The van der Waals surface area contributed by atoms with Crippen LogP contribution in [-0.4, -0.2) is 14.8 Å². The van der Waals surface area contributed by atoms with Gasteiger partial charge in [-0.3, -0.25) is 9.67 Å². The summed E-state index contributed by atoms with van der Waals surface area (Å²) < 4.78 is 2.55. The van der Waals surface area contributed by atoms with Crippen molar-refractivity contribution in [1.29, 1.82) is 0 Å². The van der Waals surface area contributed by atoms with Crippen LogP contribution in [0, 0.1) is 0 Å². The SMILES string of the molecule is Cn1nc(-c2ccc(Cl)cc2Br)c(-c2ccncc2)c1N. The molecule has 0 bridgehead atoms. The molecule has 3 rings (SSSR count). The van der Waals surface area contributed by atoms with E-state index in [1.54, 1.807) is 17.1 Å². The highest BCUT2D eigenvalue weighted by Gasteiger charge is 2.19. The van der Waals surface area contributed by atoms with Crippen molar-refractivity contribution in [1.82, 2.24) is 14.8 Å². The molecule has 0 saturated heterocycles. The zero-order chi connectivity index (χ0) is 15.0. The van der Waals surface area contributed by atoms with Crippen molar-refractivity contribution in [3.8, 4) is 22.4 Å². The van der Waals surface area contributed by atoms with Crippen molar-refractivity contribution < 1.29 is 0 Å². The third kappa shape index (κ3) is 2.54. The Balaban J connectivity index is 2.27. The normalized spacial score (nSPS) is 10.8. The monoisotopic (exact) mass is 362 g/mol. The molecule has 0 amide bonds. The number of nitrogens with two attached hydrogens (primary N) is 1. The molecular weight excluding hydrogens is 352 g/mol. The third-order valence-corrected chi connectivity index (χ3v) is 4.14. The quantitative estimate of drug-likeness (QED) is 0.744. The van der Waals surface area contributed by atoms with Gasteiger partial charge in [-0.2, -0.15) is 5.10 Å². The van der Waals surface area contributed by atoms with Crippen LogP contribution in [0.5, 0.6) is 0 Å². The Kier molecular flexibility index (Phi) is 3.69. The molecule has 0 spiro atoms. The number of aryl methyl sites for hydroxylation is 1. The molecule has 0 radical (unpaired) electrons. The first-order chi connectivity index (χ1) is 10.1. The summed E-state index contributed by atoms with van der Waals surface area (Å²) in [5.41, 5.74) is 9.82. The van der Waals surface area contributed by atoms with Crippen LogP contribution in [0.25, 0.3) is 22.4 Å². The van der Waals surface area contributed by atoms with Crippen molar-refractivity contribution in [2.45, 2.75) is 0 Å². The summed E-state index contributed by atoms with van der Waals surface area (Å²) in [5, 5.41) is 5.21. The number of hydrogen-bond acceptors (Lipinski definition) is 3. The lowest BCUT2D eigenvalue weighted by Crippen LogP contribution is -1.97. The fourth-order valence-electron chi connectivity index (χ4n) is 2.21. The van der Waals surface area contributed by atoms with Crippen LogP contribution in [-0.2, 0) is 7.05 Å². The van der Waals surface area contributed by atoms with E-state index in [9.17, 15) is 0 Å². The Morgan fingerprint density at radius 1 is 1.19 bits per heavy atom. The second kappa shape index (κ2) is 5.50. The molecule has 0 aliphatic rings. The lowest BCUT2D eigenvalue weighted by Gasteiger charge is -2.06. The molecule has 0 fully saturated rings. The van der Waals surface area contributed by atoms with Gasteiger partial charge in [0.25, 0.3) is 0 Å². The molecule has 4 nitrogen and oxygen atoms in total. The van der Waals surface area contributed by atoms with E-state index in [0.717, 1.165) is 26.9 Å². The Morgan fingerprint density at radius 2 is 1.90 bits per heavy atom. The van der Waals surface area contributed by atoms with Crippen LogP contribution < -0.4 is 5.73 Å². The van der Waals surface area contributed by atoms with Gasteiger partial charge in [0.2, 0.25) is 0 Å². The predicted octanol–water partition coefficient (Wildman–Crippen LogP) is 4.15. The van der Waals surface area contributed by atoms with E-state index >= 15 is 0 Å². The van der Waals surface area contributed by atoms with Crippen molar-refractivity contribution in [3.63, 3.8) is 0 Å². The first-order valence-electron chi connectivity index (χ1n) is 6.26. The van der Waals surface area contributed by atoms with E-state index in [4.69, 9.17) is 17.3 Å². The molecule has 21 heavy (non-hydrogen) atoms. The van der Waals surface area contributed by atoms with E-state index in [1.165, 1.54) is 0 Å². The number of rotatable bonds is 2. The van der Waals surface area contributed by atoms with Crippen molar-refractivity contribution in [2.75, 3.05) is 5.73 Å². The van der Waals surface area contributed by atoms with Crippen molar-refractivity contribution in [2.24, 2.45) is 7.05 Å². The molecular formula is C15H12BrClN4. The van der Waals surface area contributed by atoms with Crippen LogP contribution in [0.1, 0.15) is 0 Å². The molecule has 3 aromatic rings. The standard InChI is InChI=1S/C15H12BrClN4/c1-21-15(18)13(9-4-6-19-7-5-9)14(20-21)11-3-2-10(17)8-12(11)16/h2-8H,18H2,1H3. The highest BCUT2D eigenvalue weighted by molar-refractivity contribution is 9.10. The van der Waals surface area contributed by atoms with Gasteiger partial charge in [0, 0.05) is 34.5 Å². The lowest BCUT2D eigenvalue weighted by molar-refractivity contribution is 0.782. The van der Waals surface area contributed by atoms with E-state index in [0.29, 0.717) is 10.8 Å². The van der Waals surface area contributed by atoms with Crippen LogP contribution >= 0.6 is 27.5 Å². The molecule has 0 atom stereocenters. The summed E-state index contributed by atoms with van der Waals surface area (Å²) in [7, 11) is 1.83. The molecule has 2 N–H and O–H groups in total. The topological polar surface area (TPSA) is 56.7 Å². The summed E-state index contributed by atoms with van der Waals surface area (Å²) in [6.45, 7) is 0. The van der Waals surface area contributed by atoms with E-state index in [2.05, 4.69) is 26.0 Å². The molecule has 1 aromatic carbocycles. The number of pyridine rings is 1. The molecule has 0 aliphatic carbocycles. The van der Waals surface area contributed by atoms with Gasteiger partial charge in [-0.05, 0) is 29.8 Å². The minimum Gasteiger partial charge on any atom is -0.383 e. The predicted molar refractivity (Wildman–Crippen MR) is 89.0 cm³/mol. The minimum atomic E-state index is 0.609. The summed E-state index contributed by atoms with van der Waals surface area (Å²) in [6, 6.07) is 9.45. The first-order valence-corrected chi connectivity index (χ1v) is 7.43. The third-order valence-electron chi connectivity index (χ3n) is 3.25. The summed E-state index contributed by atoms with van der Waals surface area (Å²) >= 11 is 9.55. The number of aromatic nitrogens is 3. The van der Waals surface area contributed by atoms with E-state index in [1.807, 2.05) is 37.4 Å². The molecule has 106 valence electrons. The number of halogens is 2. The Bertz CT molecular complexity index is 799. The molecule has 2 aromatic heterocycles. The van der Waals surface area contributed by atoms with Gasteiger partial charge < -0.3 is 5.73 Å². The Labute approximate surface area is 135 Å². The average Bonchev–Trinajstić information content (AvgIpc) is 2.75. The fraction of sp³-hybridized carbons (Fsp3) is 0.0667. The number of nitrogens with zero attached hydrogens (tertiary/aromatic N) is 3. The van der Waals surface area contributed by atoms with Crippen LogP contribution in [0.4, 0.5) is 5.82 Å². The molecule has 6 heteroatoms. The number of hydrogen-bond donors (Lipinski definition) is 1. The van der Waals surface area contributed by atoms with Crippen LogP contribution in [0.3, 0.4) is 0 Å². The van der Waals surface area contributed by atoms with Crippen molar-refractivity contribution >= 4 is 33.3 Å². The van der Waals surface area contributed by atoms with Crippen LogP contribution in [0.15, 0.2) is 47.2 Å². The second-order valence-corrected chi connectivity index (χ2v) is 5.88. The van der Waals surface area contributed by atoms with Crippen LogP contribution in [0.2, 0.25) is 5.02 Å². The van der Waals surface area contributed by atoms with Crippen molar-refractivity contribution in [3.05, 3.63) is 52.2 Å². The van der Waals surface area contributed by atoms with Gasteiger partial charge >= 0.3 is 0 Å². The van der Waals surface area contributed by atoms with E-state index in [-0.39, 0.29) is 0 Å². The highest BCUT2D eigenvalue weighted by Crippen LogP contribution is 2.39. The van der Waals surface area contributed by atoms with Gasteiger partial charge in [0.05, 0.1) is 5.56 Å².